The third kappa shape index (κ3) is 3.17. The molecule has 1 saturated heterocycles. The van der Waals surface area contributed by atoms with E-state index in [4.69, 9.17) is 4.42 Å². The first-order valence-corrected chi connectivity index (χ1v) is 8.18. The van der Waals surface area contributed by atoms with Gasteiger partial charge < -0.3 is 14.2 Å². The van der Waals surface area contributed by atoms with Gasteiger partial charge in [-0.05, 0) is 42.8 Å². The molecule has 25 heavy (non-hydrogen) atoms. The summed E-state index contributed by atoms with van der Waals surface area (Å²) in [6, 6.07) is 10.8. The Labute approximate surface area is 144 Å². The van der Waals surface area contributed by atoms with Gasteiger partial charge in [0.25, 0.3) is 0 Å². The summed E-state index contributed by atoms with van der Waals surface area (Å²) < 4.78 is 18.8. The first kappa shape index (κ1) is 15.6. The molecule has 1 aliphatic rings. The van der Waals surface area contributed by atoms with Crippen LogP contribution in [-0.4, -0.2) is 41.4 Å². The number of pyridine rings is 1. The Balaban J connectivity index is 1.47. The Morgan fingerprint density at radius 1 is 1.12 bits per heavy atom. The number of halogens is 1. The molecule has 6 nitrogen and oxygen atoms in total. The summed E-state index contributed by atoms with van der Waals surface area (Å²) in [5.41, 5.74) is 1.88. The van der Waals surface area contributed by atoms with Gasteiger partial charge in [0.2, 0.25) is 5.89 Å². The van der Waals surface area contributed by atoms with Crippen LogP contribution < -0.4 is 9.80 Å². The fourth-order valence-electron chi connectivity index (χ4n) is 3.07. The van der Waals surface area contributed by atoms with E-state index in [9.17, 15) is 4.39 Å². The van der Waals surface area contributed by atoms with Crippen molar-refractivity contribution in [1.29, 1.82) is 0 Å². The van der Waals surface area contributed by atoms with Crippen molar-refractivity contribution in [3.05, 3.63) is 54.6 Å². The molecule has 128 valence electrons. The summed E-state index contributed by atoms with van der Waals surface area (Å²) in [6.45, 7) is 1.85. The molecule has 0 amide bonds. The Morgan fingerprint density at radius 2 is 1.88 bits per heavy atom. The minimum Gasteiger partial charge on any atom is -0.403 e. The van der Waals surface area contributed by atoms with Gasteiger partial charge in [0, 0.05) is 43.8 Å². The molecule has 0 N–H and O–H groups in total. The second-order valence-corrected chi connectivity index (χ2v) is 6.10. The first-order chi connectivity index (χ1) is 12.2. The summed E-state index contributed by atoms with van der Waals surface area (Å²) in [5, 5.41) is 8.23. The third-order valence-electron chi connectivity index (χ3n) is 4.55. The standard InChI is InChI=1S/C18H18FN5O/c1-23(16-8-11-24(12-16)15-6-9-20-10-7-15)18-22-21-17(25-18)13-2-4-14(19)5-3-13/h2-7,9-10,16H,8,11-12H2,1H3. The van der Waals surface area contributed by atoms with Crippen LogP contribution in [0.25, 0.3) is 11.5 Å². The van der Waals surface area contributed by atoms with E-state index in [0.717, 1.165) is 19.5 Å². The number of likely N-dealkylation sites (N-methyl/N-ethyl adjacent to an activating group) is 1. The van der Waals surface area contributed by atoms with Gasteiger partial charge in [0.15, 0.2) is 0 Å². The SMILES string of the molecule is CN(c1nnc(-c2ccc(F)cc2)o1)C1CCN(c2ccncc2)C1. The molecule has 1 aromatic carbocycles. The lowest BCUT2D eigenvalue weighted by Gasteiger charge is -2.23. The molecule has 2 aromatic heterocycles. The highest BCUT2D eigenvalue weighted by Gasteiger charge is 2.28. The summed E-state index contributed by atoms with van der Waals surface area (Å²) in [4.78, 5) is 8.40. The van der Waals surface area contributed by atoms with Crippen LogP contribution in [-0.2, 0) is 0 Å². The Kier molecular flexibility index (Phi) is 4.05. The Morgan fingerprint density at radius 3 is 2.64 bits per heavy atom. The van der Waals surface area contributed by atoms with Crippen molar-refractivity contribution in [2.45, 2.75) is 12.5 Å². The van der Waals surface area contributed by atoms with Crippen LogP contribution in [0.2, 0.25) is 0 Å². The monoisotopic (exact) mass is 339 g/mol. The summed E-state index contributed by atoms with van der Waals surface area (Å²) >= 11 is 0. The van der Waals surface area contributed by atoms with Crippen molar-refractivity contribution in [3.63, 3.8) is 0 Å². The molecule has 0 bridgehead atoms. The molecule has 0 spiro atoms. The first-order valence-electron chi connectivity index (χ1n) is 8.18. The molecule has 7 heteroatoms. The highest BCUT2D eigenvalue weighted by Crippen LogP contribution is 2.27. The fourth-order valence-corrected chi connectivity index (χ4v) is 3.07. The van der Waals surface area contributed by atoms with Gasteiger partial charge >= 0.3 is 6.01 Å². The van der Waals surface area contributed by atoms with Gasteiger partial charge in [-0.3, -0.25) is 4.98 Å². The number of benzene rings is 1. The largest absolute Gasteiger partial charge is 0.403 e. The molecular formula is C18H18FN5O. The number of aromatic nitrogens is 3. The minimum atomic E-state index is -0.289. The maximum absolute atomic E-state index is 13.0. The van der Waals surface area contributed by atoms with Crippen LogP contribution in [0.1, 0.15) is 6.42 Å². The van der Waals surface area contributed by atoms with Crippen molar-refractivity contribution >= 4 is 11.7 Å². The van der Waals surface area contributed by atoms with Gasteiger partial charge in [0.05, 0.1) is 6.04 Å². The van der Waals surface area contributed by atoms with E-state index in [1.807, 2.05) is 24.1 Å². The van der Waals surface area contributed by atoms with Crippen LogP contribution in [0.4, 0.5) is 16.1 Å². The Hall–Kier alpha value is -2.96. The molecule has 0 saturated carbocycles. The van der Waals surface area contributed by atoms with E-state index >= 15 is 0 Å². The van der Waals surface area contributed by atoms with Crippen LogP contribution in [0, 0.1) is 5.82 Å². The predicted molar refractivity (Wildman–Crippen MR) is 93.0 cm³/mol. The smallest absolute Gasteiger partial charge is 0.318 e. The van der Waals surface area contributed by atoms with Crippen molar-refractivity contribution in [3.8, 4) is 11.5 Å². The van der Waals surface area contributed by atoms with Crippen LogP contribution >= 0.6 is 0 Å². The summed E-state index contributed by atoms with van der Waals surface area (Å²) in [5.74, 6) is 0.105. The lowest BCUT2D eigenvalue weighted by molar-refractivity contribution is 0.529. The van der Waals surface area contributed by atoms with Gasteiger partial charge in [0.1, 0.15) is 5.82 Å². The average Bonchev–Trinajstić information content (AvgIpc) is 3.33. The van der Waals surface area contributed by atoms with Gasteiger partial charge in [-0.2, -0.15) is 0 Å². The summed E-state index contributed by atoms with van der Waals surface area (Å²) in [7, 11) is 1.96. The van der Waals surface area contributed by atoms with Crippen LogP contribution in [0.15, 0.2) is 53.2 Å². The van der Waals surface area contributed by atoms with Crippen molar-refractivity contribution in [1.82, 2.24) is 15.2 Å². The van der Waals surface area contributed by atoms with Crippen LogP contribution in [0.3, 0.4) is 0 Å². The zero-order valence-corrected chi connectivity index (χ0v) is 13.8. The molecule has 0 aliphatic carbocycles. The number of rotatable bonds is 4. The second-order valence-electron chi connectivity index (χ2n) is 6.10. The third-order valence-corrected chi connectivity index (χ3v) is 4.55. The molecule has 1 fully saturated rings. The molecule has 0 radical (unpaired) electrons. The molecule has 3 aromatic rings. The highest BCUT2D eigenvalue weighted by molar-refractivity contribution is 5.53. The molecule has 1 aliphatic heterocycles. The van der Waals surface area contributed by atoms with Crippen LogP contribution in [0.5, 0.6) is 0 Å². The molecule has 3 heterocycles. The Bertz CT molecular complexity index is 836. The lowest BCUT2D eigenvalue weighted by atomic mass is 10.2. The van der Waals surface area contributed by atoms with Crippen molar-refractivity contribution in [2.75, 3.05) is 29.9 Å². The van der Waals surface area contributed by atoms with E-state index in [1.54, 1.807) is 24.5 Å². The fraction of sp³-hybridized carbons (Fsp3) is 0.278. The van der Waals surface area contributed by atoms with Crippen molar-refractivity contribution in [2.24, 2.45) is 0 Å². The number of anilines is 2. The molecule has 1 atom stereocenters. The van der Waals surface area contributed by atoms with Gasteiger partial charge in [-0.1, -0.05) is 5.10 Å². The average molecular weight is 339 g/mol. The molecular weight excluding hydrogens is 321 g/mol. The second kappa shape index (κ2) is 6.51. The van der Waals surface area contributed by atoms with Crippen molar-refractivity contribution < 1.29 is 8.81 Å². The maximum Gasteiger partial charge on any atom is 0.318 e. The normalized spacial score (nSPS) is 17.0. The zero-order valence-electron chi connectivity index (χ0n) is 13.8. The van der Waals surface area contributed by atoms with E-state index in [-0.39, 0.29) is 11.9 Å². The quantitative estimate of drug-likeness (QED) is 0.728. The van der Waals surface area contributed by atoms with Gasteiger partial charge in [-0.25, -0.2) is 4.39 Å². The predicted octanol–water partition coefficient (Wildman–Crippen LogP) is 2.99. The topological polar surface area (TPSA) is 58.3 Å². The van der Waals surface area contributed by atoms with E-state index in [2.05, 4.69) is 20.1 Å². The maximum atomic E-state index is 13.0. The lowest BCUT2D eigenvalue weighted by Crippen LogP contribution is -2.34. The number of nitrogens with zero attached hydrogens (tertiary/aromatic N) is 5. The molecule has 1 unspecified atom stereocenters. The highest BCUT2D eigenvalue weighted by atomic mass is 19.1. The van der Waals surface area contributed by atoms with Gasteiger partial charge in [-0.15, -0.1) is 5.10 Å². The minimum absolute atomic E-state index is 0.287. The number of hydrogen-bond acceptors (Lipinski definition) is 6. The van der Waals surface area contributed by atoms with E-state index in [1.165, 1.54) is 17.8 Å². The van der Waals surface area contributed by atoms with E-state index < -0.39 is 0 Å². The zero-order chi connectivity index (χ0) is 17.2. The van der Waals surface area contributed by atoms with E-state index in [0.29, 0.717) is 17.5 Å². The number of hydrogen-bond donors (Lipinski definition) is 0. The molecule has 4 rings (SSSR count). The summed E-state index contributed by atoms with van der Waals surface area (Å²) in [6.07, 6.45) is 4.62.